The summed E-state index contributed by atoms with van der Waals surface area (Å²) in [6, 6.07) is 6.05. The Morgan fingerprint density at radius 1 is 1.25 bits per heavy atom. The van der Waals surface area contributed by atoms with E-state index in [0.717, 1.165) is 43.1 Å². The second-order valence-electron chi connectivity index (χ2n) is 6.52. The van der Waals surface area contributed by atoms with Gasteiger partial charge in [-0.15, -0.1) is 10.2 Å². The lowest BCUT2D eigenvalue weighted by Gasteiger charge is -2.34. The maximum Gasteiger partial charge on any atom is 0.242 e. The Kier molecular flexibility index (Phi) is 3.80. The Balaban J connectivity index is 1.62. The molecule has 2 aromatic rings. The van der Waals surface area contributed by atoms with Crippen LogP contribution in [0.3, 0.4) is 0 Å². The van der Waals surface area contributed by atoms with Gasteiger partial charge < -0.3 is 9.88 Å². The highest BCUT2D eigenvalue weighted by molar-refractivity contribution is 5.83. The molecule has 1 aromatic heterocycles. The van der Waals surface area contributed by atoms with Crippen LogP contribution in [0, 0.1) is 12.7 Å². The summed E-state index contributed by atoms with van der Waals surface area (Å²) < 4.78 is 15.4. The predicted octanol–water partition coefficient (Wildman–Crippen LogP) is 1.56. The van der Waals surface area contributed by atoms with Crippen molar-refractivity contribution in [2.45, 2.75) is 44.9 Å². The zero-order valence-electron chi connectivity index (χ0n) is 13.6. The topological polar surface area (TPSA) is 63.1 Å². The van der Waals surface area contributed by atoms with Gasteiger partial charge in [0.2, 0.25) is 5.91 Å². The van der Waals surface area contributed by atoms with Crippen molar-refractivity contribution < 1.29 is 9.18 Å². The van der Waals surface area contributed by atoms with E-state index >= 15 is 0 Å². The van der Waals surface area contributed by atoms with Crippen LogP contribution in [0.1, 0.15) is 36.1 Å². The number of nitrogens with zero attached hydrogens (tertiary/aromatic N) is 4. The molecule has 0 unspecified atom stereocenters. The molecular weight excluding hydrogens is 309 g/mol. The predicted molar refractivity (Wildman–Crippen MR) is 85.5 cm³/mol. The highest BCUT2D eigenvalue weighted by Crippen LogP contribution is 2.28. The van der Waals surface area contributed by atoms with Crippen molar-refractivity contribution in [3.63, 3.8) is 0 Å². The summed E-state index contributed by atoms with van der Waals surface area (Å²) in [5.41, 5.74) is 0.805. The Morgan fingerprint density at radius 3 is 2.71 bits per heavy atom. The third-order valence-electron chi connectivity index (χ3n) is 4.69. The van der Waals surface area contributed by atoms with Crippen LogP contribution in [-0.2, 0) is 17.9 Å². The first kappa shape index (κ1) is 15.3. The van der Waals surface area contributed by atoms with Gasteiger partial charge in [0.05, 0.1) is 6.54 Å². The van der Waals surface area contributed by atoms with Gasteiger partial charge in [-0.25, -0.2) is 4.39 Å². The summed E-state index contributed by atoms with van der Waals surface area (Å²) in [5, 5.41) is 11.4. The van der Waals surface area contributed by atoms with Gasteiger partial charge in [-0.05, 0) is 37.5 Å². The molecular formula is C17H20FN5O. The third kappa shape index (κ3) is 2.91. The maximum atomic E-state index is 13.3. The lowest BCUT2D eigenvalue weighted by Crippen LogP contribution is -2.44. The van der Waals surface area contributed by atoms with Gasteiger partial charge in [-0.1, -0.05) is 12.1 Å². The first-order valence-corrected chi connectivity index (χ1v) is 8.30. The second-order valence-corrected chi connectivity index (χ2v) is 6.52. The molecule has 24 heavy (non-hydrogen) atoms. The van der Waals surface area contributed by atoms with Crippen molar-refractivity contribution in [3.05, 3.63) is 47.3 Å². The first-order valence-electron chi connectivity index (χ1n) is 8.30. The van der Waals surface area contributed by atoms with Crippen LogP contribution in [-0.4, -0.2) is 38.2 Å². The number of halogens is 1. The molecule has 1 fully saturated rings. The minimum atomic E-state index is -0.433. The van der Waals surface area contributed by atoms with Crippen LogP contribution < -0.4 is 5.32 Å². The van der Waals surface area contributed by atoms with Crippen LogP contribution in [0.4, 0.5) is 4.39 Å². The van der Waals surface area contributed by atoms with Gasteiger partial charge >= 0.3 is 0 Å². The SMILES string of the molecule is Cc1nnc2n1CCN([C@H](C(=O)NC1CC1)c1ccc(F)cc1)C2. The van der Waals surface area contributed by atoms with E-state index in [0.29, 0.717) is 6.54 Å². The van der Waals surface area contributed by atoms with Crippen molar-refractivity contribution >= 4 is 5.91 Å². The average Bonchev–Trinajstić information content (AvgIpc) is 3.31. The smallest absolute Gasteiger partial charge is 0.242 e. The number of fused-ring (bicyclic) bond motifs is 1. The highest BCUT2D eigenvalue weighted by Gasteiger charge is 2.34. The van der Waals surface area contributed by atoms with Crippen LogP contribution in [0.15, 0.2) is 24.3 Å². The zero-order chi connectivity index (χ0) is 16.7. The Morgan fingerprint density at radius 2 is 2.00 bits per heavy atom. The average molecular weight is 329 g/mol. The molecule has 1 amide bonds. The zero-order valence-corrected chi connectivity index (χ0v) is 13.6. The molecule has 0 radical (unpaired) electrons. The number of amides is 1. The van der Waals surface area contributed by atoms with Crippen molar-refractivity contribution in [1.82, 2.24) is 25.0 Å². The minimum absolute atomic E-state index is 0.0196. The number of aromatic nitrogens is 3. The number of rotatable bonds is 4. The van der Waals surface area contributed by atoms with Gasteiger partial charge in [0, 0.05) is 19.1 Å². The van der Waals surface area contributed by atoms with E-state index in [2.05, 4.69) is 25.0 Å². The molecule has 1 N–H and O–H groups in total. The molecule has 126 valence electrons. The number of carbonyl (C=O) groups excluding carboxylic acids is 1. The number of hydrogen-bond donors (Lipinski definition) is 1. The maximum absolute atomic E-state index is 13.3. The van der Waals surface area contributed by atoms with Crippen molar-refractivity contribution in [2.24, 2.45) is 0 Å². The standard InChI is InChI=1S/C17H20FN5O/c1-11-20-21-15-10-22(8-9-23(11)15)16(17(24)19-14-6-7-14)12-2-4-13(18)5-3-12/h2-5,14,16H,6-10H2,1H3,(H,19,24)/t16-/m0/s1. The van der Waals surface area contributed by atoms with Crippen LogP contribution in [0.2, 0.25) is 0 Å². The molecule has 0 bridgehead atoms. The first-order chi connectivity index (χ1) is 11.6. The van der Waals surface area contributed by atoms with E-state index in [1.807, 2.05) is 6.92 Å². The fourth-order valence-electron chi connectivity index (χ4n) is 3.22. The van der Waals surface area contributed by atoms with Gasteiger partial charge in [-0.3, -0.25) is 9.69 Å². The van der Waals surface area contributed by atoms with Crippen LogP contribution >= 0.6 is 0 Å². The fourth-order valence-corrected chi connectivity index (χ4v) is 3.22. The van der Waals surface area contributed by atoms with Gasteiger partial charge in [0.1, 0.15) is 23.5 Å². The number of aryl methyl sites for hydroxylation is 1. The molecule has 2 aliphatic rings. The quantitative estimate of drug-likeness (QED) is 0.925. The van der Waals surface area contributed by atoms with E-state index in [1.54, 1.807) is 12.1 Å². The summed E-state index contributed by atoms with van der Waals surface area (Å²) in [6.07, 6.45) is 2.07. The van der Waals surface area contributed by atoms with Crippen molar-refractivity contribution in [1.29, 1.82) is 0 Å². The van der Waals surface area contributed by atoms with Crippen molar-refractivity contribution in [2.75, 3.05) is 6.54 Å². The van der Waals surface area contributed by atoms with E-state index in [1.165, 1.54) is 12.1 Å². The molecule has 1 aromatic carbocycles. The Bertz CT molecular complexity index is 753. The summed E-state index contributed by atoms with van der Waals surface area (Å²) in [4.78, 5) is 14.9. The summed E-state index contributed by atoms with van der Waals surface area (Å²) in [5.74, 6) is 1.44. The monoisotopic (exact) mass is 329 g/mol. The summed E-state index contributed by atoms with van der Waals surface area (Å²) in [6.45, 7) is 3.97. The van der Waals surface area contributed by atoms with Gasteiger partial charge in [0.25, 0.3) is 0 Å². The number of nitrogens with one attached hydrogen (secondary N) is 1. The largest absolute Gasteiger partial charge is 0.352 e. The number of carbonyl (C=O) groups is 1. The van der Waals surface area contributed by atoms with Crippen LogP contribution in [0.5, 0.6) is 0 Å². The minimum Gasteiger partial charge on any atom is -0.352 e. The molecule has 1 saturated carbocycles. The highest BCUT2D eigenvalue weighted by atomic mass is 19.1. The molecule has 0 saturated heterocycles. The molecule has 1 atom stereocenters. The molecule has 2 heterocycles. The lowest BCUT2D eigenvalue weighted by molar-refractivity contribution is -0.127. The molecule has 1 aliphatic heterocycles. The third-order valence-corrected chi connectivity index (χ3v) is 4.69. The molecule has 6 nitrogen and oxygen atoms in total. The lowest BCUT2D eigenvalue weighted by atomic mass is 10.0. The molecule has 4 rings (SSSR count). The Hall–Kier alpha value is -2.28. The molecule has 1 aliphatic carbocycles. The van der Waals surface area contributed by atoms with E-state index < -0.39 is 6.04 Å². The van der Waals surface area contributed by atoms with Gasteiger partial charge in [0.15, 0.2) is 0 Å². The Labute approximate surface area is 139 Å². The van der Waals surface area contributed by atoms with E-state index in [9.17, 15) is 9.18 Å². The normalized spacial score (nSPS) is 18.9. The van der Waals surface area contributed by atoms with Gasteiger partial charge in [-0.2, -0.15) is 0 Å². The summed E-state index contributed by atoms with van der Waals surface area (Å²) >= 11 is 0. The number of hydrogen-bond acceptors (Lipinski definition) is 4. The molecule has 7 heteroatoms. The number of benzene rings is 1. The van der Waals surface area contributed by atoms with Crippen molar-refractivity contribution in [3.8, 4) is 0 Å². The van der Waals surface area contributed by atoms with Crippen LogP contribution in [0.25, 0.3) is 0 Å². The molecule has 0 spiro atoms. The fraction of sp³-hybridized carbons (Fsp3) is 0.471. The van der Waals surface area contributed by atoms with E-state index in [4.69, 9.17) is 0 Å². The summed E-state index contributed by atoms with van der Waals surface area (Å²) in [7, 11) is 0. The van der Waals surface area contributed by atoms with E-state index in [-0.39, 0.29) is 17.8 Å². The second kappa shape index (κ2) is 5.98.